The van der Waals surface area contributed by atoms with E-state index in [1.165, 1.54) is 54.6 Å². The van der Waals surface area contributed by atoms with Gasteiger partial charge in [-0.1, -0.05) is 30.8 Å². The maximum Gasteiger partial charge on any atom is 0.453 e. The zero-order valence-electron chi connectivity index (χ0n) is 22.9. The number of alkyl halides is 2. The van der Waals surface area contributed by atoms with Gasteiger partial charge in [-0.3, -0.25) is 19.4 Å². The van der Waals surface area contributed by atoms with E-state index in [1.54, 1.807) is 0 Å². The van der Waals surface area contributed by atoms with Gasteiger partial charge < -0.3 is 9.26 Å². The number of hydrogen-bond donors (Lipinski definition) is 0. The minimum Gasteiger partial charge on any atom is -0.422 e. The van der Waals surface area contributed by atoms with E-state index in [4.69, 9.17) is 13.8 Å². The molecule has 44 heavy (non-hydrogen) atoms. The number of ether oxygens (including phenoxy) is 1. The van der Waals surface area contributed by atoms with Crippen LogP contribution in [-0.4, -0.2) is 28.4 Å². The van der Waals surface area contributed by atoms with E-state index < -0.39 is 36.3 Å². The van der Waals surface area contributed by atoms with Crippen LogP contribution in [0.5, 0.6) is 11.5 Å². The fourth-order valence-corrected chi connectivity index (χ4v) is 7.09. The molecule has 4 rings (SSSR count). The molecule has 0 aliphatic heterocycles. The molecule has 1 atom stereocenters. The SMILES string of the molecule is CCCC(=O)SCCOP(=O)(Oc1cccc(C#N)c1)C(F)(F)c1ccc2sc(C(=O)Oc3ccc([N+](=O)[O-])cc3)cc2c1. The molecule has 0 spiro atoms. The van der Waals surface area contributed by atoms with E-state index in [-0.39, 0.29) is 43.9 Å². The number of non-ortho nitro benzene ring substituents is 1. The maximum absolute atomic E-state index is 16.1. The zero-order chi connectivity index (χ0) is 31.9. The molecular weight excluding hydrogens is 637 g/mol. The van der Waals surface area contributed by atoms with Gasteiger partial charge in [0.1, 0.15) is 16.4 Å². The summed E-state index contributed by atoms with van der Waals surface area (Å²) in [4.78, 5) is 34.8. The van der Waals surface area contributed by atoms with Crippen molar-refractivity contribution in [2.75, 3.05) is 12.4 Å². The number of nitro groups is 1. The van der Waals surface area contributed by atoms with Gasteiger partial charge in [0.2, 0.25) is 0 Å². The van der Waals surface area contributed by atoms with Gasteiger partial charge >= 0.3 is 19.2 Å². The Labute approximate surface area is 258 Å². The second kappa shape index (κ2) is 14.1. The van der Waals surface area contributed by atoms with Crippen molar-refractivity contribution in [1.82, 2.24) is 0 Å². The van der Waals surface area contributed by atoms with Crippen molar-refractivity contribution in [2.45, 2.75) is 25.4 Å². The summed E-state index contributed by atoms with van der Waals surface area (Å²) in [5, 5.41) is 20.1. The first kappa shape index (κ1) is 32.8. The number of thioether (sulfide) groups is 1. The lowest BCUT2D eigenvalue weighted by Gasteiger charge is -2.27. The van der Waals surface area contributed by atoms with Crippen molar-refractivity contribution in [3.8, 4) is 17.6 Å². The van der Waals surface area contributed by atoms with Crippen molar-refractivity contribution in [3.05, 3.63) is 98.9 Å². The lowest BCUT2D eigenvalue weighted by Crippen LogP contribution is -2.20. The third-order valence-electron chi connectivity index (χ3n) is 5.92. The van der Waals surface area contributed by atoms with E-state index >= 15 is 8.78 Å². The lowest BCUT2D eigenvalue weighted by molar-refractivity contribution is -0.384. The van der Waals surface area contributed by atoms with Crippen molar-refractivity contribution in [1.29, 1.82) is 5.26 Å². The van der Waals surface area contributed by atoms with Crippen LogP contribution in [0.1, 0.15) is 40.6 Å². The minimum atomic E-state index is -5.32. The number of hydrogen-bond acceptors (Lipinski definition) is 11. The summed E-state index contributed by atoms with van der Waals surface area (Å²) >= 11 is 1.83. The van der Waals surface area contributed by atoms with E-state index in [9.17, 15) is 29.5 Å². The molecule has 1 unspecified atom stereocenters. The molecule has 0 saturated heterocycles. The van der Waals surface area contributed by atoms with Crippen molar-refractivity contribution >= 4 is 57.6 Å². The molecule has 15 heteroatoms. The van der Waals surface area contributed by atoms with Crippen molar-refractivity contribution in [2.24, 2.45) is 0 Å². The Bertz CT molecular complexity index is 1790. The van der Waals surface area contributed by atoms with E-state index in [2.05, 4.69) is 0 Å². The fourth-order valence-electron chi connectivity index (χ4n) is 3.80. The first-order valence-corrected chi connectivity index (χ1v) is 16.3. The molecular formula is C29H23F2N2O8PS2. The molecule has 0 saturated carbocycles. The largest absolute Gasteiger partial charge is 0.453 e. The second-order valence-electron chi connectivity index (χ2n) is 9.08. The number of rotatable bonds is 13. The Hall–Kier alpha value is -4.15. The van der Waals surface area contributed by atoms with Crippen LogP contribution < -0.4 is 9.26 Å². The smallest absolute Gasteiger partial charge is 0.422 e. The summed E-state index contributed by atoms with van der Waals surface area (Å²) in [5.74, 6) is -1.06. The first-order valence-electron chi connectivity index (χ1n) is 12.9. The van der Waals surface area contributed by atoms with E-state index in [0.717, 1.165) is 41.3 Å². The Morgan fingerprint density at radius 2 is 1.84 bits per heavy atom. The summed E-state index contributed by atoms with van der Waals surface area (Å²) in [6.07, 6.45) is 0.906. The molecule has 10 nitrogen and oxygen atoms in total. The number of halogens is 2. The van der Waals surface area contributed by atoms with Crippen molar-refractivity contribution < 1.29 is 41.6 Å². The second-order valence-corrected chi connectivity index (χ2v) is 13.3. The third kappa shape index (κ3) is 7.67. The lowest BCUT2D eigenvalue weighted by atomic mass is 10.1. The number of fused-ring (bicyclic) bond motifs is 1. The number of esters is 1. The minimum absolute atomic E-state index is 0.0374. The van der Waals surface area contributed by atoms with Gasteiger partial charge in [-0.25, -0.2) is 9.36 Å². The highest BCUT2D eigenvalue weighted by Crippen LogP contribution is 2.66. The molecule has 0 aliphatic carbocycles. The molecule has 0 amide bonds. The summed E-state index contributed by atoms with van der Waals surface area (Å²) in [6.45, 7) is 1.34. The molecule has 1 aromatic heterocycles. The highest BCUT2D eigenvalue weighted by Gasteiger charge is 2.56. The summed E-state index contributed by atoms with van der Waals surface area (Å²) in [6, 6.07) is 16.6. The maximum atomic E-state index is 16.1. The molecule has 4 aromatic rings. The van der Waals surface area contributed by atoms with Crippen LogP contribution in [0.3, 0.4) is 0 Å². The van der Waals surface area contributed by atoms with Crippen LogP contribution in [0.2, 0.25) is 0 Å². The molecule has 3 aromatic carbocycles. The molecule has 0 bridgehead atoms. The molecule has 0 aliphatic rings. The fraction of sp³-hybridized carbons (Fsp3) is 0.207. The summed E-state index contributed by atoms with van der Waals surface area (Å²) in [5.41, 5.74) is -5.01. The average molecular weight is 661 g/mol. The van der Waals surface area contributed by atoms with Gasteiger partial charge in [0.05, 0.1) is 23.2 Å². The van der Waals surface area contributed by atoms with Gasteiger partial charge in [-0.15, -0.1) is 11.3 Å². The predicted molar refractivity (Wildman–Crippen MR) is 161 cm³/mol. The Morgan fingerprint density at radius 1 is 1.09 bits per heavy atom. The first-order chi connectivity index (χ1) is 21.0. The van der Waals surface area contributed by atoms with Crippen LogP contribution in [0.15, 0.2) is 72.8 Å². The number of carbonyl (C=O) groups excluding carboxylic acids is 2. The van der Waals surface area contributed by atoms with Gasteiger partial charge in [0.15, 0.2) is 5.12 Å². The standard InChI is InChI=1S/C29H23F2N2O8PS2/c1-2-4-27(34)43-14-13-39-42(38,41-24-6-3-5-19(15-24)18-32)29(30,31)21-7-12-25-20(16-21)17-26(44-25)28(35)40-23-10-8-22(9-11-23)33(36)37/h3,5-12,15-17H,2,4,13-14H2,1H3. The monoisotopic (exact) mass is 660 g/mol. The van der Waals surface area contributed by atoms with Gasteiger partial charge in [-0.05, 0) is 60.3 Å². The van der Waals surface area contributed by atoms with Crippen LogP contribution in [0.4, 0.5) is 14.5 Å². The van der Waals surface area contributed by atoms with E-state index in [0.29, 0.717) is 17.5 Å². The predicted octanol–water partition coefficient (Wildman–Crippen LogP) is 8.30. The van der Waals surface area contributed by atoms with Crippen molar-refractivity contribution in [3.63, 3.8) is 0 Å². The molecule has 1 heterocycles. The Balaban J connectivity index is 1.59. The number of thiophene rings is 1. The number of benzene rings is 3. The van der Waals surface area contributed by atoms with E-state index in [1.807, 2.05) is 13.0 Å². The van der Waals surface area contributed by atoms with Crippen LogP contribution >= 0.6 is 30.7 Å². The van der Waals surface area contributed by atoms with Crippen LogP contribution in [0.25, 0.3) is 10.1 Å². The topological polar surface area (TPSA) is 146 Å². The number of nitriles is 1. The number of nitrogens with zero attached hydrogens (tertiary/aromatic N) is 2. The van der Waals surface area contributed by atoms with Gasteiger partial charge in [-0.2, -0.15) is 14.0 Å². The van der Waals surface area contributed by atoms with Gasteiger partial charge in [0.25, 0.3) is 5.69 Å². The number of carbonyl (C=O) groups is 2. The summed E-state index contributed by atoms with van der Waals surface area (Å²) < 4.78 is 62.1. The normalized spacial score (nSPS) is 12.7. The zero-order valence-corrected chi connectivity index (χ0v) is 25.5. The average Bonchev–Trinajstić information content (AvgIpc) is 3.44. The quantitative estimate of drug-likeness (QED) is 0.0343. The number of nitro benzene ring substituents is 1. The summed E-state index contributed by atoms with van der Waals surface area (Å²) in [7, 11) is -5.32. The molecule has 228 valence electrons. The van der Waals surface area contributed by atoms with Gasteiger partial charge in [0, 0.05) is 34.6 Å². The Kier molecular flexibility index (Phi) is 10.5. The third-order valence-corrected chi connectivity index (χ3v) is 9.83. The van der Waals surface area contributed by atoms with Crippen LogP contribution in [-0.2, 0) is 19.5 Å². The molecule has 0 N–H and O–H groups in total. The highest BCUT2D eigenvalue weighted by atomic mass is 32.2. The Morgan fingerprint density at radius 3 is 2.52 bits per heavy atom. The highest BCUT2D eigenvalue weighted by molar-refractivity contribution is 8.13. The molecule has 0 radical (unpaired) electrons. The van der Waals surface area contributed by atoms with Crippen LogP contribution in [0, 0.1) is 21.4 Å². The molecule has 0 fully saturated rings.